The number of hydrogen-bond acceptors (Lipinski definition) is 3. The van der Waals surface area contributed by atoms with Crippen molar-refractivity contribution < 1.29 is 9.53 Å². The van der Waals surface area contributed by atoms with E-state index in [2.05, 4.69) is 6.92 Å². The minimum atomic E-state index is 0.736. The van der Waals surface area contributed by atoms with Gasteiger partial charge in [0.25, 0.3) is 0 Å². The van der Waals surface area contributed by atoms with Gasteiger partial charge in [-0.15, -0.1) is 0 Å². The fourth-order valence-electron chi connectivity index (χ4n) is 1.71. The van der Waals surface area contributed by atoms with Crippen LogP contribution in [0, 0.1) is 0 Å². The molecule has 0 saturated carbocycles. The van der Waals surface area contributed by atoms with Gasteiger partial charge in [-0.05, 0) is 18.6 Å². The van der Waals surface area contributed by atoms with Crippen molar-refractivity contribution in [2.24, 2.45) is 0 Å². The minimum absolute atomic E-state index is 0.736. The van der Waals surface area contributed by atoms with Gasteiger partial charge in [0.15, 0.2) is 11.3 Å². The highest BCUT2D eigenvalue weighted by molar-refractivity contribution is 7.15. The first-order valence-electron chi connectivity index (χ1n) is 6.54. The van der Waals surface area contributed by atoms with Crippen LogP contribution in [0.15, 0.2) is 12.1 Å². The number of carbonyl (C=O) groups excluding carboxylic acids is 1. The maximum absolute atomic E-state index is 10.5. The van der Waals surface area contributed by atoms with Crippen LogP contribution < -0.4 is 4.74 Å². The molecule has 0 aliphatic rings. The number of ether oxygens (including phenoxy) is 1. The fraction of sp³-hybridized carbons (Fsp3) is 0.643. The SMILES string of the molecule is CCCCCCCCCOc1ccc(C=O)s1. The molecule has 1 aromatic rings. The second kappa shape index (κ2) is 9.23. The van der Waals surface area contributed by atoms with Gasteiger partial charge in [-0.2, -0.15) is 0 Å². The third kappa shape index (κ3) is 6.47. The molecule has 0 amide bonds. The summed E-state index contributed by atoms with van der Waals surface area (Å²) in [7, 11) is 0. The second-order valence-corrected chi connectivity index (χ2v) is 5.32. The Balaban J connectivity index is 1.95. The van der Waals surface area contributed by atoms with Crippen molar-refractivity contribution in [2.45, 2.75) is 51.9 Å². The van der Waals surface area contributed by atoms with Crippen molar-refractivity contribution in [1.29, 1.82) is 0 Å². The van der Waals surface area contributed by atoms with Crippen LogP contribution in [0.1, 0.15) is 61.5 Å². The van der Waals surface area contributed by atoms with Gasteiger partial charge < -0.3 is 4.74 Å². The predicted molar refractivity (Wildman–Crippen MR) is 73.2 cm³/mol. The summed E-state index contributed by atoms with van der Waals surface area (Å²) in [4.78, 5) is 11.2. The van der Waals surface area contributed by atoms with E-state index in [0.29, 0.717) is 0 Å². The standard InChI is InChI=1S/C14H22O2S/c1-2-3-4-5-6-7-8-11-16-14-10-9-13(12-15)17-14/h9-10,12H,2-8,11H2,1H3. The zero-order valence-electron chi connectivity index (χ0n) is 10.6. The lowest BCUT2D eigenvalue weighted by molar-refractivity contribution is 0.112. The Labute approximate surface area is 108 Å². The molecule has 17 heavy (non-hydrogen) atoms. The van der Waals surface area contributed by atoms with E-state index in [-0.39, 0.29) is 0 Å². The van der Waals surface area contributed by atoms with Gasteiger partial charge in [-0.1, -0.05) is 56.8 Å². The summed E-state index contributed by atoms with van der Waals surface area (Å²) in [5.41, 5.74) is 0. The lowest BCUT2D eigenvalue weighted by Crippen LogP contribution is -1.95. The summed E-state index contributed by atoms with van der Waals surface area (Å²) in [5, 5.41) is 0.859. The maximum Gasteiger partial charge on any atom is 0.174 e. The number of hydrogen-bond donors (Lipinski definition) is 0. The maximum atomic E-state index is 10.5. The number of unbranched alkanes of at least 4 members (excludes halogenated alkanes) is 6. The smallest absolute Gasteiger partial charge is 0.174 e. The number of aldehydes is 1. The minimum Gasteiger partial charge on any atom is -0.484 e. The average molecular weight is 254 g/mol. The highest BCUT2D eigenvalue weighted by atomic mass is 32.1. The zero-order chi connectivity index (χ0) is 12.3. The molecular formula is C14H22O2S. The molecule has 0 atom stereocenters. The van der Waals surface area contributed by atoms with E-state index < -0.39 is 0 Å². The van der Waals surface area contributed by atoms with Gasteiger partial charge in [0, 0.05) is 0 Å². The molecule has 0 unspecified atom stereocenters. The normalized spacial score (nSPS) is 10.4. The average Bonchev–Trinajstić information content (AvgIpc) is 2.80. The molecule has 1 rings (SSSR count). The van der Waals surface area contributed by atoms with Gasteiger partial charge in [0.1, 0.15) is 0 Å². The first-order chi connectivity index (χ1) is 8.36. The van der Waals surface area contributed by atoms with E-state index in [1.807, 2.05) is 6.07 Å². The predicted octanol–water partition coefficient (Wildman–Crippen LogP) is 4.69. The van der Waals surface area contributed by atoms with Crippen LogP contribution >= 0.6 is 11.3 Å². The second-order valence-electron chi connectivity index (χ2n) is 4.24. The molecule has 0 N–H and O–H groups in total. The molecule has 0 bridgehead atoms. The molecule has 0 fully saturated rings. The Morgan fingerprint density at radius 1 is 1.12 bits per heavy atom. The molecule has 3 heteroatoms. The van der Waals surface area contributed by atoms with Crippen LogP contribution in [0.2, 0.25) is 0 Å². The molecule has 0 aliphatic carbocycles. The van der Waals surface area contributed by atoms with E-state index in [0.717, 1.165) is 29.3 Å². The number of thiophene rings is 1. The summed E-state index contributed by atoms with van der Waals surface area (Å²) in [6.45, 7) is 3.01. The molecule has 2 nitrogen and oxygen atoms in total. The Hall–Kier alpha value is -0.830. The third-order valence-electron chi connectivity index (χ3n) is 2.71. The zero-order valence-corrected chi connectivity index (χ0v) is 11.4. The van der Waals surface area contributed by atoms with Crippen LogP contribution in [0.4, 0.5) is 0 Å². The topological polar surface area (TPSA) is 26.3 Å². The molecule has 1 aromatic heterocycles. The summed E-state index contributed by atoms with van der Waals surface area (Å²) in [6, 6.07) is 3.67. The molecule has 96 valence electrons. The largest absolute Gasteiger partial charge is 0.484 e. The van der Waals surface area contributed by atoms with Gasteiger partial charge in [-0.25, -0.2) is 0 Å². The van der Waals surface area contributed by atoms with Crippen molar-refractivity contribution in [3.63, 3.8) is 0 Å². The Kier molecular flexibility index (Phi) is 7.72. The monoisotopic (exact) mass is 254 g/mol. The highest BCUT2D eigenvalue weighted by Gasteiger charge is 1.99. The van der Waals surface area contributed by atoms with Crippen LogP contribution in [-0.2, 0) is 0 Å². The Bertz CT molecular complexity index is 307. The molecule has 0 aliphatic heterocycles. The van der Waals surface area contributed by atoms with E-state index in [9.17, 15) is 4.79 Å². The van der Waals surface area contributed by atoms with Crippen molar-refractivity contribution in [1.82, 2.24) is 0 Å². The summed E-state index contributed by atoms with van der Waals surface area (Å²) < 4.78 is 5.58. The van der Waals surface area contributed by atoms with Crippen molar-refractivity contribution in [3.05, 3.63) is 17.0 Å². The first-order valence-corrected chi connectivity index (χ1v) is 7.36. The molecule has 0 spiro atoms. The fourth-order valence-corrected chi connectivity index (χ4v) is 2.40. The summed E-state index contributed by atoms with van der Waals surface area (Å²) in [5.74, 6) is 0. The molecule has 0 radical (unpaired) electrons. The van der Waals surface area contributed by atoms with E-state index in [4.69, 9.17) is 4.74 Å². The van der Waals surface area contributed by atoms with Gasteiger partial charge in [0.05, 0.1) is 11.5 Å². The summed E-state index contributed by atoms with van der Waals surface area (Å²) >= 11 is 1.42. The van der Waals surface area contributed by atoms with E-state index in [1.165, 1.54) is 49.9 Å². The molecule has 1 heterocycles. The van der Waals surface area contributed by atoms with Crippen LogP contribution in [0.5, 0.6) is 5.06 Å². The van der Waals surface area contributed by atoms with Crippen molar-refractivity contribution >= 4 is 17.6 Å². The number of rotatable bonds is 10. The van der Waals surface area contributed by atoms with Gasteiger partial charge >= 0.3 is 0 Å². The number of carbonyl (C=O) groups is 1. The third-order valence-corrected chi connectivity index (χ3v) is 3.63. The van der Waals surface area contributed by atoms with E-state index >= 15 is 0 Å². The molecule has 0 saturated heterocycles. The summed E-state index contributed by atoms with van der Waals surface area (Å²) in [6.07, 6.45) is 9.92. The first kappa shape index (κ1) is 14.2. The van der Waals surface area contributed by atoms with Crippen molar-refractivity contribution in [3.8, 4) is 5.06 Å². The molecule has 0 aromatic carbocycles. The van der Waals surface area contributed by atoms with Crippen LogP contribution in [0.25, 0.3) is 0 Å². The van der Waals surface area contributed by atoms with E-state index in [1.54, 1.807) is 6.07 Å². The lowest BCUT2D eigenvalue weighted by atomic mass is 10.1. The molecular weight excluding hydrogens is 232 g/mol. The van der Waals surface area contributed by atoms with Crippen molar-refractivity contribution in [2.75, 3.05) is 6.61 Å². The Morgan fingerprint density at radius 3 is 2.47 bits per heavy atom. The van der Waals surface area contributed by atoms with Gasteiger partial charge in [-0.3, -0.25) is 4.79 Å². The van der Waals surface area contributed by atoms with Gasteiger partial charge in [0.2, 0.25) is 0 Å². The highest BCUT2D eigenvalue weighted by Crippen LogP contribution is 2.23. The van der Waals surface area contributed by atoms with Crippen LogP contribution in [0.3, 0.4) is 0 Å². The Morgan fingerprint density at radius 2 is 1.82 bits per heavy atom. The quantitative estimate of drug-likeness (QED) is 0.447. The lowest BCUT2D eigenvalue weighted by Gasteiger charge is -2.03. The van der Waals surface area contributed by atoms with Crippen LogP contribution in [-0.4, -0.2) is 12.9 Å².